The molecule has 1 aliphatic carbocycles. The number of nitrogens with zero attached hydrogens (tertiary/aromatic N) is 1. The number of hydrogen-bond donors (Lipinski definition) is 0. The van der Waals surface area contributed by atoms with Crippen LogP contribution in [0.15, 0.2) is 0 Å². The quantitative estimate of drug-likeness (QED) is 0.680. The Bertz CT molecular complexity index is 354. The third-order valence-electron chi connectivity index (χ3n) is 5.20. The van der Waals surface area contributed by atoms with Crippen LogP contribution in [0.2, 0.25) is 0 Å². The topological polar surface area (TPSA) is 29.5 Å². The summed E-state index contributed by atoms with van der Waals surface area (Å²) in [5, 5.41) is 0. The van der Waals surface area contributed by atoms with Gasteiger partial charge in [0.1, 0.15) is 5.72 Å². The number of rotatable bonds is 1. The summed E-state index contributed by atoms with van der Waals surface area (Å²) < 4.78 is 6.01. The van der Waals surface area contributed by atoms with Crippen molar-refractivity contribution in [3.8, 4) is 0 Å². The van der Waals surface area contributed by atoms with Crippen LogP contribution in [0.5, 0.6) is 0 Å². The minimum absolute atomic E-state index is 0.123. The predicted octanol–water partition coefficient (Wildman–Crippen LogP) is 2.02. The highest BCUT2D eigenvalue weighted by Crippen LogP contribution is 2.62. The van der Waals surface area contributed by atoms with E-state index in [0.717, 1.165) is 12.8 Å². The summed E-state index contributed by atoms with van der Waals surface area (Å²) >= 11 is 0. The lowest BCUT2D eigenvalue weighted by Crippen LogP contribution is -2.48. The lowest BCUT2D eigenvalue weighted by atomic mass is 9.60. The molecule has 1 amide bonds. The first-order valence-corrected chi connectivity index (χ1v) is 6.39. The van der Waals surface area contributed by atoms with E-state index >= 15 is 0 Å². The molecule has 0 radical (unpaired) electrons. The van der Waals surface area contributed by atoms with Crippen molar-refractivity contribution in [2.75, 3.05) is 6.61 Å². The van der Waals surface area contributed by atoms with E-state index in [4.69, 9.17) is 4.74 Å². The molecule has 3 rings (SSSR count). The standard InChI is InChI=1S/C13H21NO2/c1-8(2)9-7-16-13(4)10-5-6-12(10,3)11(15)14(9)13/h8-10H,5-7H2,1-4H3/t9?,10?,12-,13?/m1/s1. The van der Waals surface area contributed by atoms with Gasteiger partial charge in [0.25, 0.3) is 0 Å². The van der Waals surface area contributed by atoms with Crippen LogP contribution >= 0.6 is 0 Å². The van der Waals surface area contributed by atoms with Gasteiger partial charge < -0.3 is 9.64 Å². The second-order valence-corrected chi connectivity index (χ2v) is 6.36. The summed E-state index contributed by atoms with van der Waals surface area (Å²) in [5.41, 5.74) is -0.429. The normalized spacial score (nSPS) is 50.6. The Morgan fingerprint density at radius 1 is 1.44 bits per heavy atom. The van der Waals surface area contributed by atoms with E-state index in [-0.39, 0.29) is 17.2 Å². The Balaban J connectivity index is 2.01. The number of fused-ring (bicyclic) bond motifs is 3. The summed E-state index contributed by atoms with van der Waals surface area (Å²) in [7, 11) is 0. The Labute approximate surface area is 97.1 Å². The van der Waals surface area contributed by atoms with Crippen LogP contribution in [-0.4, -0.2) is 29.2 Å². The van der Waals surface area contributed by atoms with Crippen molar-refractivity contribution in [1.82, 2.24) is 4.90 Å². The van der Waals surface area contributed by atoms with Gasteiger partial charge in [-0.3, -0.25) is 4.79 Å². The maximum absolute atomic E-state index is 12.5. The van der Waals surface area contributed by atoms with E-state index in [2.05, 4.69) is 32.6 Å². The minimum Gasteiger partial charge on any atom is -0.353 e. The van der Waals surface area contributed by atoms with Crippen molar-refractivity contribution in [2.24, 2.45) is 17.3 Å². The van der Waals surface area contributed by atoms with Gasteiger partial charge in [-0.1, -0.05) is 20.8 Å². The summed E-state index contributed by atoms with van der Waals surface area (Å²) in [6.45, 7) is 9.30. The van der Waals surface area contributed by atoms with Gasteiger partial charge in [-0.15, -0.1) is 0 Å². The molecule has 2 saturated heterocycles. The SMILES string of the molecule is CC(C)C1COC2(C)C3CC[C@@]3(C)C(=O)N12. The van der Waals surface area contributed by atoms with Crippen molar-refractivity contribution >= 4 is 5.91 Å². The van der Waals surface area contributed by atoms with Gasteiger partial charge in [-0.2, -0.15) is 0 Å². The lowest BCUT2D eigenvalue weighted by molar-refractivity contribution is -0.141. The van der Waals surface area contributed by atoms with Gasteiger partial charge in [0.2, 0.25) is 5.91 Å². The van der Waals surface area contributed by atoms with Crippen LogP contribution < -0.4 is 0 Å². The van der Waals surface area contributed by atoms with Crippen molar-refractivity contribution < 1.29 is 9.53 Å². The summed E-state index contributed by atoms with van der Waals surface area (Å²) in [4.78, 5) is 14.6. The second-order valence-electron chi connectivity index (χ2n) is 6.36. The molecule has 2 aliphatic heterocycles. The first kappa shape index (κ1) is 10.6. The molecule has 1 saturated carbocycles. The Kier molecular flexibility index (Phi) is 1.86. The van der Waals surface area contributed by atoms with Gasteiger partial charge in [-0.25, -0.2) is 0 Å². The number of carbonyl (C=O) groups excluding carboxylic acids is 1. The molecule has 3 nitrogen and oxygen atoms in total. The molecular formula is C13H21NO2. The first-order chi connectivity index (χ1) is 7.41. The number of hydrogen-bond acceptors (Lipinski definition) is 2. The molecule has 0 aromatic carbocycles. The first-order valence-electron chi connectivity index (χ1n) is 6.39. The molecule has 3 aliphatic rings. The van der Waals surface area contributed by atoms with Crippen LogP contribution in [0.4, 0.5) is 0 Å². The van der Waals surface area contributed by atoms with Gasteiger partial charge in [-0.05, 0) is 25.7 Å². The van der Waals surface area contributed by atoms with Crippen molar-refractivity contribution in [3.05, 3.63) is 0 Å². The van der Waals surface area contributed by atoms with E-state index in [9.17, 15) is 4.79 Å². The summed E-state index contributed by atoms with van der Waals surface area (Å²) in [6.07, 6.45) is 2.18. The number of carbonyl (C=O) groups is 1. The third kappa shape index (κ3) is 0.922. The van der Waals surface area contributed by atoms with Crippen molar-refractivity contribution in [3.63, 3.8) is 0 Å². The van der Waals surface area contributed by atoms with Gasteiger partial charge >= 0.3 is 0 Å². The zero-order chi connectivity index (χ0) is 11.7. The summed E-state index contributed by atoms with van der Waals surface area (Å²) in [6, 6.07) is 0.278. The number of ether oxygens (including phenoxy) is 1. The predicted molar refractivity (Wildman–Crippen MR) is 60.7 cm³/mol. The maximum atomic E-state index is 12.5. The van der Waals surface area contributed by atoms with Crippen LogP contribution in [0, 0.1) is 17.3 Å². The van der Waals surface area contributed by atoms with E-state index in [1.165, 1.54) is 0 Å². The molecule has 3 fully saturated rings. The molecule has 0 bridgehead atoms. The van der Waals surface area contributed by atoms with Gasteiger partial charge in [0, 0.05) is 5.92 Å². The van der Waals surface area contributed by atoms with E-state index in [0.29, 0.717) is 24.3 Å². The zero-order valence-electron chi connectivity index (χ0n) is 10.6. The average Bonchev–Trinajstić information content (AvgIpc) is 2.55. The fraction of sp³-hybridized carbons (Fsp3) is 0.923. The molecule has 3 unspecified atom stereocenters. The molecule has 16 heavy (non-hydrogen) atoms. The molecule has 0 aromatic rings. The molecule has 0 aromatic heterocycles. The minimum atomic E-state index is -0.307. The Hall–Kier alpha value is -0.570. The third-order valence-corrected chi connectivity index (χ3v) is 5.20. The number of amides is 1. The molecule has 90 valence electrons. The van der Waals surface area contributed by atoms with Crippen LogP contribution in [0.1, 0.15) is 40.5 Å². The highest BCUT2D eigenvalue weighted by atomic mass is 16.5. The highest BCUT2D eigenvalue weighted by molar-refractivity contribution is 5.88. The van der Waals surface area contributed by atoms with Crippen LogP contribution in [0.25, 0.3) is 0 Å². The maximum Gasteiger partial charge on any atom is 0.231 e. The molecule has 2 heterocycles. The molecule has 0 spiro atoms. The molecule has 0 N–H and O–H groups in total. The monoisotopic (exact) mass is 223 g/mol. The second kappa shape index (κ2) is 2.81. The summed E-state index contributed by atoms with van der Waals surface area (Å²) in [5.74, 6) is 1.23. The zero-order valence-corrected chi connectivity index (χ0v) is 10.6. The average molecular weight is 223 g/mol. The van der Waals surface area contributed by atoms with E-state index in [1.54, 1.807) is 0 Å². The van der Waals surface area contributed by atoms with Gasteiger partial charge in [0.15, 0.2) is 0 Å². The Morgan fingerprint density at radius 3 is 2.62 bits per heavy atom. The van der Waals surface area contributed by atoms with Crippen LogP contribution in [0.3, 0.4) is 0 Å². The Morgan fingerprint density at radius 2 is 2.12 bits per heavy atom. The molecule has 4 atom stereocenters. The fourth-order valence-corrected chi connectivity index (χ4v) is 3.95. The van der Waals surface area contributed by atoms with Gasteiger partial charge in [0.05, 0.1) is 18.1 Å². The fourth-order valence-electron chi connectivity index (χ4n) is 3.95. The van der Waals surface area contributed by atoms with Crippen molar-refractivity contribution in [1.29, 1.82) is 0 Å². The molecular weight excluding hydrogens is 202 g/mol. The van der Waals surface area contributed by atoms with Crippen molar-refractivity contribution in [2.45, 2.75) is 52.3 Å². The van der Waals surface area contributed by atoms with Crippen LogP contribution in [-0.2, 0) is 9.53 Å². The van der Waals surface area contributed by atoms with E-state index < -0.39 is 0 Å². The molecule has 3 heteroatoms. The van der Waals surface area contributed by atoms with E-state index in [1.807, 2.05) is 0 Å². The lowest BCUT2D eigenvalue weighted by Gasteiger charge is -2.43. The highest BCUT2D eigenvalue weighted by Gasteiger charge is 2.71. The smallest absolute Gasteiger partial charge is 0.231 e. The largest absolute Gasteiger partial charge is 0.353 e.